The smallest absolute Gasteiger partial charge is 0.407 e. The number of amides is 1. The van der Waals surface area contributed by atoms with E-state index in [0.29, 0.717) is 24.1 Å². The molecule has 1 aromatic carbocycles. The highest BCUT2D eigenvalue weighted by atomic mass is 16.6. The van der Waals surface area contributed by atoms with Gasteiger partial charge in [0.2, 0.25) is 0 Å². The first-order valence-corrected chi connectivity index (χ1v) is 7.41. The molecule has 23 heavy (non-hydrogen) atoms. The fourth-order valence-electron chi connectivity index (χ4n) is 1.84. The average molecular weight is 321 g/mol. The van der Waals surface area contributed by atoms with E-state index in [1.807, 2.05) is 0 Å². The second-order valence-electron chi connectivity index (χ2n) is 6.03. The molecule has 0 saturated heterocycles. The largest absolute Gasteiger partial charge is 0.465 e. The van der Waals surface area contributed by atoms with E-state index < -0.39 is 17.7 Å². The Balaban J connectivity index is 2.43. The lowest BCUT2D eigenvalue weighted by molar-refractivity contribution is 0.0524. The summed E-state index contributed by atoms with van der Waals surface area (Å²) in [6, 6.07) is 6.39. The third kappa shape index (κ3) is 6.95. The van der Waals surface area contributed by atoms with Crippen LogP contribution in [0, 0.1) is 0 Å². The van der Waals surface area contributed by atoms with E-state index in [-0.39, 0.29) is 12.2 Å². The standard InChI is InChI=1S/C17H23NO5/c1-17(2,3)23-16(21)18-10-6-9-14(19)12-7-5-8-13(11-12)15(20)22-4/h5,7-8,11H,6,9-10H2,1-4H3,(H,18,21). The van der Waals surface area contributed by atoms with Gasteiger partial charge in [-0.15, -0.1) is 0 Å². The van der Waals surface area contributed by atoms with Crippen LogP contribution in [-0.2, 0) is 9.47 Å². The molecule has 6 nitrogen and oxygen atoms in total. The SMILES string of the molecule is COC(=O)c1cccc(C(=O)CCCNC(=O)OC(C)(C)C)c1. The average Bonchev–Trinajstić information content (AvgIpc) is 2.49. The number of benzene rings is 1. The molecule has 126 valence electrons. The second-order valence-corrected chi connectivity index (χ2v) is 6.03. The van der Waals surface area contributed by atoms with E-state index in [2.05, 4.69) is 10.1 Å². The van der Waals surface area contributed by atoms with E-state index >= 15 is 0 Å². The zero-order valence-electron chi connectivity index (χ0n) is 14.0. The van der Waals surface area contributed by atoms with Crippen LogP contribution >= 0.6 is 0 Å². The van der Waals surface area contributed by atoms with E-state index in [0.717, 1.165) is 0 Å². The normalized spacial score (nSPS) is 10.8. The van der Waals surface area contributed by atoms with Crippen LogP contribution in [0.3, 0.4) is 0 Å². The van der Waals surface area contributed by atoms with Crippen LogP contribution in [-0.4, -0.2) is 37.1 Å². The topological polar surface area (TPSA) is 81.7 Å². The number of ketones is 1. The summed E-state index contributed by atoms with van der Waals surface area (Å²) < 4.78 is 9.72. The van der Waals surface area contributed by atoms with Crippen molar-refractivity contribution in [2.45, 2.75) is 39.2 Å². The molecule has 0 aromatic heterocycles. The molecule has 6 heteroatoms. The van der Waals surface area contributed by atoms with Crippen molar-refractivity contribution in [3.05, 3.63) is 35.4 Å². The molecular weight excluding hydrogens is 298 g/mol. The third-order valence-electron chi connectivity index (χ3n) is 2.85. The van der Waals surface area contributed by atoms with Crippen LogP contribution in [0.1, 0.15) is 54.3 Å². The first kappa shape index (κ1) is 18.7. The molecule has 0 aliphatic rings. The quantitative estimate of drug-likeness (QED) is 0.495. The molecule has 1 N–H and O–H groups in total. The molecule has 0 unspecified atom stereocenters. The van der Waals surface area contributed by atoms with E-state index in [9.17, 15) is 14.4 Å². The van der Waals surface area contributed by atoms with Crippen LogP contribution in [0.2, 0.25) is 0 Å². The number of methoxy groups -OCH3 is 1. The first-order chi connectivity index (χ1) is 10.7. The molecule has 1 rings (SSSR count). The predicted molar refractivity (Wildman–Crippen MR) is 85.6 cm³/mol. The van der Waals surface area contributed by atoms with Crippen molar-refractivity contribution in [3.63, 3.8) is 0 Å². The Labute approximate surface area is 136 Å². The van der Waals surface area contributed by atoms with Gasteiger partial charge in [0.1, 0.15) is 5.60 Å². The van der Waals surface area contributed by atoms with Crippen LogP contribution in [0.5, 0.6) is 0 Å². The van der Waals surface area contributed by atoms with Crippen molar-refractivity contribution < 1.29 is 23.9 Å². The lowest BCUT2D eigenvalue weighted by Gasteiger charge is -2.19. The van der Waals surface area contributed by atoms with Gasteiger partial charge in [-0.1, -0.05) is 12.1 Å². The number of carbonyl (C=O) groups excluding carboxylic acids is 3. The minimum atomic E-state index is -0.547. The Morgan fingerprint density at radius 2 is 1.78 bits per heavy atom. The molecular formula is C17H23NO5. The van der Waals surface area contributed by atoms with Gasteiger partial charge in [0.25, 0.3) is 0 Å². The van der Waals surface area contributed by atoms with E-state index in [1.54, 1.807) is 39.0 Å². The van der Waals surface area contributed by atoms with E-state index in [1.165, 1.54) is 13.2 Å². The molecule has 0 aliphatic heterocycles. The van der Waals surface area contributed by atoms with Gasteiger partial charge in [0.05, 0.1) is 12.7 Å². The predicted octanol–water partition coefficient (Wildman–Crippen LogP) is 2.96. The number of carbonyl (C=O) groups is 3. The van der Waals surface area contributed by atoms with Crippen LogP contribution < -0.4 is 5.32 Å². The van der Waals surface area contributed by atoms with Crippen LogP contribution in [0.25, 0.3) is 0 Å². The molecule has 1 amide bonds. The van der Waals surface area contributed by atoms with Gasteiger partial charge in [0.15, 0.2) is 5.78 Å². The summed E-state index contributed by atoms with van der Waals surface area (Å²) in [6.07, 6.45) is 0.249. The van der Waals surface area contributed by atoms with Gasteiger partial charge < -0.3 is 14.8 Å². The van der Waals surface area contributed by atoms with Crippen molar-refractivity contribution in [3.8, 4) is 0 Å². The Morgan fingerprint density at radius 1 is 1.13 bits per heavy atom. The first-order valence-electron chi connectivity index (χ1n) is 7.41. The van der Waals surface area contributed by atoms with Crippen molar-refractivity contribution in [2.75, 3.05) is 13.7 Å². The molecule has 0 bridgehead atoms. The fraction of sp³-hybridized carbons (Fsp3) is 0.471. The molecule has 0 spiro atoms. The maximum atomic E-state index is 12.1. The zero-order valence-corrected chi connectivity index (χ0v) is 14.0. The number of hydrogen-bond donors (Lipinski definition) is 1. The summed E-state index contributed by atoms with van der Waals surface area (Å²) in [5.41, 5.74) is 0.240. The summed E-state index contributed by atoms with van der Waals surface area (Å²) in [4.78, 5) is 35.0. The zero-order chi connectivity index (χ0) is 17.5. The number of ether oxygens (including phenoxy) is 2. The van der Waals surface area contributed by atoms with Gasteiger partial charge in [-0.3, -0.25) is 4.79 Å². The highest BCUT2D eigenvalue weighted by Gasteiger charge is 2.16. The second kappa shape index (κ2) is 8.31. The number of rotatable bonds is 6. The Morgan fingerprint density at radius 3 is 2.39 bits per heavy atom. The minimum absolute atomic E-state index is 0.0956. The molecule has 0 fully saturated rings. The van der Waals surface area contributed by atoms with Gasteiger partial charge in [-0.25, -0.2) is 9.59 Å². The number of esters is 1. The van der Waals surface area contributed by atoms with Crippen molar-refractivity contribution in [2.24, 2.45) is 0 Å². The maximum Gasteiger partial charge on any atom is 0.407 e. The highest BCUT2D eigenvalue weighted by Crippen LogP contribution is 2.10. The van der Waals surface area contributed by atoms with Gasteiger partial charge in [-0.2, -0.15) is 0 Å². The third-order valence-corrected chi connectivity index (χ3v) is 2.85. The van der Waals surface area contributed by atoms with Gasteiger partial charge in [-0.05, 0) is 39.3 Å². The lowest BCUT2D eigenvalue weighted by atomic mass is 10.0. The Bertz CT molecular complexity index is 575. The summed E-state index contributed by atoms with van der Waals surface area (Å²) in [5.74, 6) is -0.576. The fourth-order valence-corrected chi connectivity index (χ4v) is 1.84. The number of nitrogens with one attached hydrogen (secondary N) is 1. The lowest BCUT2D eigenvalue weighted by Crippen LogP contribution is -2.33. The Kier molecular flexibility index (Phi) is 6.75. The highest BCUT2D eigenvalue weighted by molar-refractivity contribution is 5.99. The van der Waals surface area contributed by atoms with E-state index in [4.69, 9.17) is 4.74 Å². The van der Waals surface area contributed by atoms with Gasteiger partial charge in [0, 0.05) is 18.5 Å². The van der Waals surface area contributed by atoms with Crippen molar-refractivity contribution >= 4 is 17.8 Å². The molecule has 0 heterocycles. The van der Waals surface area contributed by atoms with Crippen LogP contribution in [0.4, 0.5) is 4.79 Å². The molecule has 1 aromatic rings. The summed E-state index contributed by atoms with van der Waals surface area (Å²) in [6.45, 7) is 5.69. The molecule has 0 aliphatic carbocycles. The summed E-state index contributed by atoms with van der Waals surface area (Å²) in [7, 11) is 1.29. The van der Waals surface area contributed by atoms with Gasteiger partial charge >= 0.3 is 12.1 Å². The molecule has 0 atom stereocenters. The summed E-state index contributed by atoms with van der Waals surface area (Å²) >= 11 is 0. The minimum Gasteiger partial charge on any atom is -0.465 e. The van der Waals surface area contributed by atoms with Crippen molar-refractivity contribution in [1.82, 2.24) is 5.32 Å². The molecule has 0 radical (unpaired) electrons. The number of alkyl carbamates (subject to hydrolysis) is 1. The number of Topliss-reactive ketones (excluding diaryl/α,β-unsaturated/α-hetero) is 1. The van der Waals surface area contributed by atoms with Crippen LogP contribution in [0.15, 0.2) is 24.3 Å². The maximum absolute atomic E-state index is 12.1. The monoisotopic (exact) mass is 321 g/mol. The number of hydrogen-bond acceptors (Lipinski definition) is 5. The van der Waals surface area contributed by atoms with Crippen molar-refractivity contribution in [1.29, 1.82) is 0 Å². The summed E-state index contributed by atoms with van der Waals surface area (Å²) in [5, 5.41) is 2.60. The molecule has 0 saturated carbocycles. The Hall–Kier alpha value is -2.37.